The third-order valence-electron chi connectivity index (χ3n) is 5.75. The summed E-state index contributed by atoms with van der Waals surface area (Å²) in [6.45, 7) is 2.65. The quantitative estimate of drug-likeness (QED) is 0.193. The first kappa shape index (κ1) is 25.5. The number of benzene rings is 4. The Labute approximate surface area is 229 Å². The number of hydrogen-bond donors (Lipinski definition) is 0. The Morgan fingerprint density at radius 1 is 0.868 bits per heavy atom. The molecule has 0 aliphatic rings. The molecule has 1 aromatic heterocycles. The molecule has 0 aliphatic heterocycles. The molecule has 6 nitrogen and oxygen atoms in total. The zero-order valence-electron chi connectivity index (χ0n) is 20.5. The zero-order valence-corrected chi connectivity index (χ0v) is 22.0. The molecule has 5 rings (SSSR count). The van der Waals surface area contributed by atoms with Crippen molar-refractivity contribution in [3.05, 3.63) is 123 Å². The lowest BCUT2D eigenvalue weighted by Crippen LogP contribution is -2.20. The maximum absolute atomic E-state index is 13.4. The number of hydrogen-bond acceptors (Lipinski definition) is 5. The van der Waals surface area contributed by atoms with Crippen LogP contribution >= 0.6 is 23.2 Å². The molecule has 190 valence electrons. The highest BCUT2D eigenvalue weighted by Crippen LogP contribution is 2.30. The van der Waals surface area contributed by atoms with Crippen molar-refractivity contribution in [1.82, 2.24) is 9.66 Å². The number of para-hydroxylation sites is 1. The molecule has 0 spiro atoms. The van der Waals surface area contributed by atoms with Crippen molar-refractivity contribution in [2.45, 2.75) is 13.5 Å². The molecule has 0 amide bonds. The standard InChI is InChI=1S/C30H23Cl2N3O3/c1-2-37-28-17-20(13-15-27(28)38-19-21-12-14-24(31)25(32)16-21)18-33-35-29(22-8-4-3-5-9-22)34-26-11-7-6-10-23(26)30(35)36/h3-18H,2,19H2,1H3. The van der Waals surface area contributed by atoms with Gasteiger partial charge in [0.1, 0.15) is 6.61 Å². The molecule has 38 heavy (non-hydrogen) atoms. The van der Waals surface area contributed by atoms with Crippen LogP contribution in [0.25, 0.3) is 22.3 Å². The van der Waals surface area contributed by atoms with Gasteiger partial charge in [-0.2, -0.15) is 9.78 Å². The van der Waals surface area contributed by atoms with Crippen LogP contribution in [0.5, 0.6) is 11.5 Å². The highest BCUT2D eigenvalue weighted by Gasteiger charge is 2.13. The summed E-state index contributed by atoms with van der Waals surface area (Å²) in [5.41, 5.74) is 2.76. The van der Waals surface area contributed by atoms with Gasteiger partial charge in [-0.05, 0) is 60.5 Å². The average Bonchev–Trinajstić information content (AvgIpc) is 2.94. The van der Waals surface area contributed by atoms with Gasteiger partial charge in [-0.25, -0.2) is 4.98 Å². The van der Waals surface area contributed by atoms with Crippen LogP contribution in [0.1, 0.15) is 18.1 Å². The second kappa shape index (κ2) is 11.5. The first-order valence-corrected chi connectivity index (χ1v) is 12.7. The van der Waals surface area contributed by atoms with Crippen LogP contribution in [0.4, 0.5) is 0 Å². The summed E-state index contributed by atoms with van der Waals surface area (Å²) in [4.78, 5) is 18.1. The number of rotatable bonds is 8. The number of halogens is 2. The average molecular weight is 544 g/mol. The van der Waals surface area contributed by atoms with Gasteiger partial charge in [0.05, 0.1) is 33.8 Å². The summed E-state index contributed by atoms with van der Waals surface area (Å²) in [5, 5.41) is 5.99. The first-order valence-electron chi connectivity index (χ1n) is 12.0. The van der Waals surface area contributed by atoms with Gasteiger partial charge in [0.2, 0.25) is 0 Å². The van der Waals surface area contributed by atoms with Gasteiger partial charge < -0.3 is 9.47 Å². The SMILES string of the molecule is CCOc1cc(C=Nn2c(-c3ccccc3)nc3ccccc3c2=O)ccc1OCc1ccc(Cl)c(Cl)c1. The van der Waals surface area contributed by atoms with Crippen LogP contribution < -0.4 is 15.0 Å². The smallest absolute Gasteiger partial charge is 0.282 e. The molecule has 0 bridgehead atoms. The van der Waals surface area contributed by atoms with Gasteiger partial charge in [-0.15, -0.1) is 0 Å². The molecular weight excluding hydrogens is 521 g/mol. The lowest BCUT2D eigenvalue weighted by molar-refractivity contribution is 0.269. The zero-order chi connectivity index (χ0) is 26.5. The molecule has 8 heteroatoms. The summed E-state index contributed by atoms with van der Waals surface area (Å²) >= 11 is 12.1. The Morgan fingerprint density at radius 2 is 1.66 bits per heavy atom. The molecule has 0 atom stereocenters. The Kier molecular flexibility index (Phi) is 7.73. The van der Waals surface area contributed by atoms with E-state index < -0.39 is 0 Å². The molecular formula is C30H23Cl2N3O3. The highest BCUT2D eigenvalue weighted by atomic mass is 35.5. The van der Waals surface area contributed by atoms with Crippen molar-refractivity contribution in [3.8, 4) is 22.9 Å². The largest absolute Gasteiger partial charge is 0.490 e. The minimum absolute atomic E-state index is 0.252. The van der Waals surface area contributed by atoms with Gasteiger partial charge >= 0.3 is 0 Å². The van der Waals surface area contributed by atoms with E-state index in [1.165, 1.54) is 4.68 Å². The molecule has 5 aromatic rings. The third kappa shape index (κ3) is 5.57. The van der Waals surface area contributed by atoms with Gasteiger partial charge in [0.15, 0.2) is 17.3 Å². The summed E-state index contributed by atoms with van der Waals surface area (Å²) in [7, 11) is 0. The maximum atomic E-state index is 13.4. The molecule has 0 unspecified atom stereocenters. The molecule has 0 saturated heterocycles. The van der Waals surface area contributed by atoms with E-state index in [9.17, 15) is 4.79 Å². The van der Waals surface area contributed by atoms with Crippen molar-refractivity contribution in [1.29, 1.82) is 0 Å². The highest BCUT2D eigenvalue weighted by molar-refractivity contribution is 6.42. The summed E-state index contributed by atoms with van der Waals surface area (Å²) < 4.78 is 13.1. The van der Waals surface area contributed by atoms with Crippen molar-refractivity contribution < 1.29 is 9.47 Å². The Bertz CT molecular complexity index is 1680. The van der Waals surface area contributed by atoms with E-state index in [0.29, 0.717) is 51.5 Å². The maximum Gasteiger partial charge on any atom is 0.282 e. The van der Waals surface area contributed by atoms with E-state index in [0.717, 1.165) is 16.7 Å². The third-order valence-corrected chi connectivity index (χ3v) is 6.49. The van der Waals surface area contributed by atoms with Gasteiger partial charge in [0.25, 0.3) is 5.56 Å². The van der Waals surface area contributed by atoms with Gasteiger partial charge in [-0.1, -0.05) is 71.7 Å². The van der Waals surface area contributed by atoms with Crippen molar-refractivity contribution in [2.24, 2.45) is 5.10 Å². The van der Waals surface area contributed by atoms with Crippen molar-refractivity contribution in [3.63, 3.8) is 0 Å². The molecule has 0 fully saturated rings. The molecule has 1 heterocycles. The lowest BCUT2D eigenvalue weighted by Gasteiger charge is -2.13. The topological polar surface area (TPSA) is 65.7 Å². The Morgan fingerprint density at radius 3 is 2.45 bits per heavy atom. The second-order valence-corrected chi connectivity index (χ2v) is 9.17. The van der Waals surface area contributed by atoms with Crippen LogP contribution in [0.3, 0.4) is 0 Å². The van der Waals surface area contributed by atoms with E-state index in [2.05, 4.69) is 5.10 Å². The fourth-order valence-electron chi connectivity index (χ4n) is 3.91. The van der Waals surface area contributed by atoms with Crippen LogP contribution in [0, 0.1) is 0 Å². The summed E-state index contributed by atoms with van der Waals surface area (Å²) in [6, 6.07) is 27.6. The number of nitrogens with zero attached hydrogens (tertiary/aromatic N) is 3. The second-order valence-electron chi connectivity index (χ2n) is 8.36. The van der Waals surface area contributed by atoms with Crippen molar-refractivity contribution in [2.75, 3.05) is 6.61 Å². The minimum atomic E-state index is -0.252. The fourth-order valence-corrected chi connectivity index (χ4v) is 4.23. The van der Waals surface area contributed by atoms with E-state index >= 15 is 0 Å². The molecule has 4 aromatic carbocycles. The number of ether oxygens (including phenoxy) is 2. The molecule has 0 radical (unpaired) electrons. The van der Waals surface area contributed by atoms with E-state index in [1.54, 1.807) is 24.4 Å². The van der Waals surface area contributed by atoms with Crippen LogP contribution in [0.15, 0.2) is 101 Å². The van der Waals surface area contributed by atoms with Crippen LogP contribution in [0.2, 0.25) is 10.0 Å². The predicted molar refractivity (Wildman–Crippen MR) is 153 cm³/mol. The van der Waals surface area contributed by atoms with E-state index in [1.807, 2.05) is 79.7 Å². The molecule has 0 N–H and O–H groups in total. The van der Waals surface area contributed by atoms with E-state index in [4.69, 9.17) is 37.7 Å². The van der Waals surface area contributed by atoms with Crippen LogP contribution in [-0.4, -0.2) is 22.5 Å². The lowest BCUT2D eigenvalue weighted by atomic mass is 10.2. The summed E-state index contributed by atoms with van der Waals surface area (Å²) in [6.07, 6.45) is 1.61. The summed E-state index contributed by atoms with van der Waals surface area (Å²) in [5.74, 6) is 1.59. The van der Waals surface area contributed by atoms with Gasteiger partial charge in [-0.3, -0.25) is 4.79 Å². The normalized spacial score (nSPS) is 11.2. The van der Waals surface area contributed by atoms with Crippen molar-refractivity contribution >= 4 is 40.3 Å². The minimum Gasteiger partial charge on any atom is -0.490 e. The fraction of sp³-hybridized carbons (Fsp3) is 0.100. The predicted octanol–water partition coefficient (Wildman–Crippen LogP) is 7.23. The number of aromatic nitrogens is 2. The monoisotopic (exact) mass is 543 g/mol. The van der Waals surface area contributed by atoms with E-state index in [-0.39, 0.29) is 5.56 Å². The van der Waals surface area contributed by atoms with Crippen LogP contribution in [-0.2, 0) is 6.61 Å². The number of fused-ring (bicyclic) bond motifs is 1. The molecule has 0 saturated carbocycles. The Hall–Kier alpha value is -4.13. The molecule has 0 aliphatic carbocycles. The van der Waals surface area contributed by atoms with Gasteiger partial charge in [0, 0.05) is 5.56 Å². The Balaban J connectivity index is 1.48. The first-order chi connectivity index (χ1) is 18.5.